The second kappa shape index (κ2) is 3.59. The van der Waals surface area contributed by atoms with Gasteiger partial charge in [0.1, 0.15) is 0 Å². The zero-order valence-corrected chi connectivity index (χ0v) is 4.73. The SMILES string of the molecule is COC(=O)/C=C\[N+](=O)[O-]. The molecule has 0 aliphatic carbocycles. The van der Waals surface area contributed by atoms with Gasteiger partial charge in [-0.1, -0.05) is 0 Å². The zero-order valence-electron chi connectivity index (χ0n) is 4.73. The number of nitro groups is 1. The largest absolute Gasteiger partial charge is 0.466 e. The summed E-state index contributed by atoms with van der Waals surface area (Å²) < 4.78 is 4.07. The molecule has 0 fully saturated rings. The van der Waals surface area contributed by atoms with Crippen LogP contribution in [0, 0.1) is 10.1 Å². The average Bonchev–Trinajstić information content (AvgIpc) is 1.83. The van der Waals surface area contributed by atoms with Gasteiger partial charge >= 0.3 is 5.97 Å². The molecule has 0 radical (unpaired) electrons. The van der Waals surface area contributed by atoms with Crippen molar-refractivity contribution >= 4 is 5.97 Å². The van der Waals surface area contributed by atoms with Gasteiger partial charge in [0, 0.05) is 0 Å². The molecule has 5 nitrogen and oxygen atoms in total. The summed E-state index contributed by atoms with van der Waals surface area (Å²) in [6.07, 6.45) is 1.26. The van der Waals surface area contributed by atoms with E-state index in [0.29, 0.717) is 6.20 Å². The van der Waals surface area contributed by atoms with Gasteiger partial charge in [-0.15, -0.1) is 0 Å². The van der Waals surface area contributed by atoms with Crippen LogP contribution in [-0.2, 0) is 9.53 Å². The third-order valence-electron chi connectivity index (χ3n) is 0.534. The average molecular weight is 131 g/mol. The summed E-state index contributed by atoms with van der Waals surface area (Å²) >= 11 is 0. The van der Waals surface area contributed by atoms with E-state index in [2.05, 4.69) is 4.74 Å². The Hall–Kier alpha value is -1.39. The summed E-state index contributed by atoms with van der Waals surface area (Å²) in [5.74, 6) is -0.730. The molecule has 0 rings (SSSR count). The minimum atomic E-state index is -0.739. The number of ether oxygens (including phenoxy) is 1. The summed E-state index contributed by atoms with van der Waals surface area (Å²) in [5.41, 5.74) is 0. The van der Waals surface area contributed by atoms with E-state index < -0.39 is 10.9 Å². The highest BCUT2D eigenvalue weighted by Gasteiger charge is 1.93. The molecule has 0 N–H and O–H groups in total. The highest BCUT2D eigenvalue weighted by atomic mass is 16.6. The van der Waals surface area contributed by atoms with Crippen molar-refractivity contribution in [3.8, 4) is 0 Å². The minimum Gasteiger partial charge on any atom is -0.466 e. The second-order valence-electron chi connectivity index (χ2n) is 1.12. The Balaban J connectivity index is 3.71. The molecule has 0 aliphatic heterocycles. The third kappa shape index (κ3) is 4.46. The molecule has 50 valence electrons. The lowest BCUT2D eigenvalue weighted by molar-refractivity contribution is -0.402. The van der Waals surface area contributed by atoms with E-state index in [1.807, 2.05) is 0 Å². The molecular formula is C4H5NO4. The van der Waals surface area contributed by atoms with Crippen molar-refractivity contribution in [3.63, 3.8) is 0 Å². The first kappa shape index (κ1) is 7.61. The Bertz CT molecular complexity index is 151. The Morgan fingerprint density at radius 2 is 2.33 bits per heavy atom. The molecule has 0 aromatic heterocycles. The quantitative estimate of drug-likeness (QED) is 0.228. The van der Waals surface area contributed by atoms with Gasteiger partial charge in [-0.05, 0) is 0 Å². The van der Waals surface area contributed by atoms with Gasteiger partial charge in [0.15, 0.2) is 0 Å². The van der Waals surface area contributed by atoms with Crippen LogP contribution in [0.4, 0.5) is 0 Å². The molecule has 0 saturated carbocycles. The molecule has 0 atom stereocenters. The van der Waals surface area contributed by atoms with Crippen LogP contribution in [-0.4, -0.2) is 18.0 Å². The van der Waals surface area contributed by atoms with Crippen molar-refractivity contribution in [2.45, 2.75) is 0 Å². The zero-order chi connectivity index (χ0) is 7.28. The van der Waals surface area contributed by atoms with Crippen molar-refractivity contribution in [2.24, 2.45) is 0 Å². The minimum absolute atomic E-state index is 0.520. The topological polar surface area (TPSA) is 69.4 Å². The third-order valence-corrected chi connectivity index (χ3v) is 0.534. The van der Waals surface area contributed by atoms with Gasteiger partial charge < -0.3 is 4.74 Å². The molecule has 0 aromatic carbocycles. The van der Waals surface area contributed by atoms with E-state index in [4.69, 9.17) is 0 Å². The van der Waals surface area contributed by atoms with Crippen LogP contribution in [0.25, 0.3) is 0 Å². The lowest BCUT2D eigenvalue weighted by atomic mass is 10.6. The molecule has 0 unspecified atom stereocenters. The number of rotatable bonds is 2. The molecule has 0 heterocycles. The predicted octanol–water partition coefficient (Wildman–Crippen LogP) is -0.0502. The van der Waals surface area contributed by atoms with E-state index in [1.165, 1.54) is 0 Å². The Kier molecular flexibility index (Phi) is 3.04. The Labute approximate surface area is 51.1 Å². The lowest BCUT2D eigenvalue weighted by Crippen LogP contribution is -1.95. The Morgan fingerprint density at radius 3 is 2.67 bits per heavy atom. The second-order valence-corrected chi connectivity index (χ2v) is 1.12. The van der Waals surface area contributed by atoms with Crippen molar-refractivity contribution in [2.75, 3.05) is 7.11 Å². The predicted molar refractivity (Wildman–Crippen MR) is 28.2 cm³/mol. The van der Waals surface area contributed by atoms with E-state index in [9.17, 15) is 14.9 Å². The highest BCUT2D eigenvalue weighted by molar-refractivity contribution is 5.81. The summed E-state index contributed by atoms with van der Waals surface area (Å²) in [4.78, 5) is 18.9. The van der Waals surface area contributed by atoms with Gasteiger partial charge in [0.05, 0.1) is 18.1 Å². The standard InChI is InChI=1S/C4H5NO4/c1-9-4(6)2-3-5(7)8/h2-3H,1H3/b3-2-. The van der Waals surface area contributed by atoms with Crippen LogP contribution in [0.3, 0.4) is 0 Å². The van der Waals surface area contributed by atoms with Crippen molar-refractivity contribution in [3.05, 3.63) is 22.4 Å². The maximum absolute atomic E-state index is 10.1. The van der Waals surface area contributed by atoms with E-state index in [-0.39, 0.29) is 0 Å². The number of carbonyl (C=O) groups is 1. The normalized spacial score (nSPS) is 9.44. The van der Waals surface area contributed by atoms with Crippen LogP contribution < -0.4 is 0 Å². The van der Waals surface area contributed by atoms with E-state index in [0.717, 1.165) is 13.2 Å². The van der Waals surface area contributed by atoms with Gasteiger partial charge in [-0.3, -0.25) is 10.1 Å². The van der Waals surface area contributed by atoms with Crippen LogP contribution in [0.2, 0.25) is 0 Å². The fraction of sp³-hybridized carbons (Fsp3) is 0.250. The van der Waals surface area contributed by atoms with E-state index >= 15 is 0 Å². The van der Waals surface area contributed by atoms with Gasteiger partial charge in [0.2, 0.25) is 6.20 Å². The first-order valence-electron chi connectivity index (χ1n) is 2.06. The lowest BCUT2D eigenvalue weighted by Gasteiger charge is -1.84. The van der Waals surface area contributed by atoms with Crippen LogP contribution in [0.1, 0.15) is 0 Å². The molecule has 0 aromatic rings. The summed E-state index contributed by atoms with van der Waals surface area (Å²) in [6.45, 7) is 0. The number of hydrogen-bond donors (Lipinski definition) is 0. The summed E-state index contributed by atoms with van der Waals surface area (Å²) in [5, 5.41) is 9.53. The molecular weight excluding hydrogens is 126 g/mol. The maximum atomic E-state index is 10.1. The smallest absolute Gasteiger partial charge is 0.336 e. The molecule has 9 heavy (non-hydrogen) atoms. The number of hydrogen-bond acceptors (Lipinski definition) is 4. The van der Waals surface area contributed by atoms with E-state index in [1.54, 1.807) is 0 Å². The highest BCUT2D eigenvalue weighted by Crippen LogP contribution is 1.77. The van der Waals surface area contributed by atoms with Crippen molar-refractivity contribution in [1.29, 1.82) is 0 Å². The first-order valence-corrected chi connectivity index (χ1v) is 2.06. The molecule has 0 bridgehead atoms. The molecule has 0 aliphatic rings. The van der Waals surface area contributed by atoms with Gasteiger partial charge in [-0.25, -0.2) is 4.79 Å². The Morgan fingerprint density at radius 1 is 1.78 bits per heavy atom. The number of nitrogens with zero attached hydrogens (tertiary/aromatic N) is 1. The first-order chi connectivity index (χ1) is 4.16. The summed E-state index contributed by atoms with van der Waals surface area (Å²) in [6, 6.07) is 0. The number of methoxy groups -OCH3 is 1. The van der Waals surface area contributed by atoms with Crippen LogP contribution in [0.5, 0.6) is 0 Å². The van der Waals surface area contributed by atoms with Crippen molar-refractivity contribution in [1.82, 2.24) is 0 Å². The van der Waals surface area contributed by atoms with Crippen molar-refractivity contribution < 1.29 is 14.5 Å². The number of esters is 1. The monoisotopic (exact) mass is 131 g/mol. The van der Waals surface area contributed by atoms with Gasteiger partial charge in [0.25, 0.3) is 0 Å². The summed E-state index contributed by atoms with van der Waals surface area (Å²) in [7, 11) is 1.15. The number of carbonyl (C=O) groups excluding carboxylic acids is 1. The fourth-order valence-corrected chi connectivity index (χ4v) is 0.190. The fourth-order valence-electron chi connectivity index (χ4n) is 0.190. The molecule has 5 heteroatoms. The van der Waals surface area contributed by atoms with Crippen LogP contribution >= 0.6 is 0 Å². The van der Waals surface area contributed by atoms with Gasteiger partial charge in [-0.2, -0.15) is 0 Å². The molecule has 0 spiro atoms. The molecule has 0 amide bonds. The molecule has 0 saturated heterocycles. The van der Waals surface area contributed by atoms with Crippen LogP contribution in [0.15, 0.2) is 12.3 Å². The maximum Gasteiger partial charge on any atom is 0.336 e.